The van der Waals surface area contributed by atoms with Crippen molar-refractivity contribution in [1.29, 1.82) is 0 Å². The third kappa shape index (κ3) is 3.70. The maximum absolute atomic E-state index is 9.78. The van der Waals surface area contributed by atoms with E-state index in [1.54, 1.807) is 0 Å². The van der Waals surface area contributed by atoms with Gasteiger partial charge in [-0.05, 0) is 76.1 Å². The van der Waals surface area contributed by atoms with Crippen LogP contribution in [0, 0.1) is 12.3 Å². The summed E-state index contributed by atoms with van der Waals surface area (Å²) in [6.45, 7) is 6.83. The van der Waals surface area contributed by atoms with Gasteiger partial charge in [-0.25, -0.2) is 0 Å². The quantitative estimate of drug-likeness (QED) is 0.852. The molecule has 1 N–H and O–H groups in total. The zero-order valence-corrected chi connectivity index (χ0v) is 16.1. The second kappa shape index (κ2) is 7.09. The maximum Gasteiger partial charge on any atom is 0.0642 e. The lowest BCUT2D eigenvalue weighted by atomic mass is 9.79. The molecule has 1 saturated carbocycles. The van der Waals surface area contributed by atoms with Gasteiger partial charge >= 0.3 is 0 Å². The predicted molar refractivity (Wildman–Crippen MR) is 105 cm³/mol. The molecule has 138 valence electrons. The van der Waals surface area contributed by atoms with Crippen molar-refractivity contribution in [3.8, 4) is 0 Å². The molecule has 3 fully saturated rings. The number of hydrogen-bond donors (Lipinski definition) is 1. The van der Waals surface area contributed by atoms with Crippen LogP contribution < -0.4 is 4.90 Å². The third-order valence-electron chi connectivity index (χ3n) is 6.76. The first kappa shape index (κ1) is 17.6. The molecule has 0 unspecified atom stereocenters. The van der Waals surface area contributed by atoms with Crippen LogP contribution in [0.25, 0.3) is 0 Å². The van der Waals surface area contributed by atoms with E-state index in [1.807, 2.05) is 0 Å². The van der Waals surface area contributed by atoms with Gasteiger partial charge in [-0.2, -0.15) is 0 Å². The van der Waals surface area contributed by atoms with Gasteiger partial charge in [0.15, 0.2) is 0 Å². The van der Waals surface area contributed by atoms with Crippen molar-refractivity contribution < 1.29 is 5.11 Å². The molecule has 0 bridgehead atoms. The molecule has 1 aromatic carbocycles. The molecule has 4 rings (SSSR count). The van der Waals surface area contributed by atoms with E-state index in [1.165, 1.54) is 56.4 Å². The van der Waals surface area contributed by atoms with Crippen molar-refractivity contribution in [1.82, 2.24) is 4.90 Å². The van der Waals surface area contributed by atoms with Crippen LogP contribution in [0.15, 0.2) is 18.2 Å². The molecule has 3 aliphatic rings. The zero-order valence-electron chi connectivity index (χ0n) is 15.4. The Bertz CT molecular complexity index is 614. The summed E-state index contributed by atoms with van der Waals surface area (Å²) < 4.78 is 0. The molecule has 0 radical (unpaired) electrons. The number of halogens is 1. The van der Waals surface area contributed by atoms with E-state index in [0.29, 0.717) is 11.5 Å². The van der Waals surface area contributed by atoms with Crippen molar-refractivity contribution >= 4 is 17.3 Å². The number of nitrogens with zero attached hydrogens (tertiary/aromatic N) is 2. The number of benzene rings is 1. The van der Waals surface area contributed by atoms with E-state index in [4.69, 9.17) is 11.6 Å². The largest absolute Gasteiger partial charge is 0.393 e. The molecule has 2 saturated heterocycles. The van der Waals surface area contributed by atoms with Crippen LogP contribution in [0.2, 0.25) is 5.02 Å². The monoisotopic (exact) mass is 362 g/mol. The molecule has 0 amide bonds. The van der Waals surface area contributed by atoms with Gasteiger partial charge in [-0.3, -0.25) is 4.90 Å². The number of aliphatic hydroxyl groups is 1. The Hall–Kier alpha value is -0.770. The van der Waals surface area contributed by atoms with E-state index < -0.39 is 0 Å². The summed E-state index contributed by atoms with van der Waals surface area (Å²) in [6, 6.07) is 7.16. The van der Waals surface area contributed by atoms with Crippen LogP contribution in [0.3, 0.4) is 0 Å². The van der Waals surface area contributed by atoms with E-state index in [9.17, 15) is 5.11 Å². The third-order valence-corrected chi connectivity index (χ3v) is 7.06. The van der Waals surface area contributed by atoms with Crippen LogP contribution in [0.5, 0.6) is 0 Å². The van der Waals surface area contributed by atoms with Gasteiger partial charge in [-0.15, -0.1) is 0 Å². The lowest BCUT2D eigenvalue weighted by Crippen LogP contribution is -2.46. The number of aryl methyl sites for hydroxylation is 1. The van der Waals surface area contributed by atoms with Crippen LogP contribution in [-0.4, -0.2) is 48.3 Å². The minimum atomic E-state index is -0.0540. The SMILES string of the molecule is Cc1ccc(N2CCC[C@]3(CCN(C4CCC(O)CC4)C3)C2)c(Cl)c1. The lowest BCUT2D eigenvalue weighted by Gasteiger charge is -2.43. The predicted octanol–water partition coefficient (Wildman–Crippen LogP) is 4.24. The highest BCUT2D eigenvalue weighted by Gasteiger charge is 2.43. The summed E-state index contributed by atoms with van der Waals surface area (Å²) in [6.07, 6.45) is 8.18. The van der Waals surface area contributed by atoms with Crippen molar-refractivity contribution in [2.45, 2.75) is 64.0 Å². The zero-order chi connectivity index (χ0) is 17.4. The fourth-order valence-electron chi connectivity index (χ4n) is 5.32. The molecule has 1 aromatic rings. The van der Waals surface area contributed by atoms with E-state index in [2.05, 4.69) is 34.9 Å². The number of likely N-dealkylation sites (tertiary alicyclic amines) is 1. The Labute approximate surface area is 157 Å². The summed E-state index contributed by atoms with van der Waals surface area (Å²) in [5.74, 6) is 0. The van der Waals surface area contributed by atoms with Crippen LogP contribution in [-0.2, 0) is 0 Å². The molecule has 1 atom stereocenters. The molecule has 2 aliphatic heterocycles. The Morgan fingerprint density at radius 2 is 1.88 bits per heavy atom. The Balaban J connectivity index is 1.44. The second-order valence-electron chi connectivity index (χ2n) is 8.66. The maximum atomic E-state index is 9.78. The molecule has 3 nitrogen and oxygen atoms in total. The van der Waals surface area contributed by atoms with Crippen LogP contribution in [0.4, 0.5) is 5.69 Å². The standard InChI is InChI=1S/C21H31ClN2O/c1-16-3-8-20(19(22)13-16)24-11-2-9-21(15-24)10-12-23(14-21)17-4-6-18(25)7-5-17/h3,8,13,17-18,25H,2,4-7,9-12,14-15H2,1H3/t17?,18?,21-/m1/s1. The Morgan fingerprint density at radius 3 is 2.64 bits per heavy atom. The average molecular weight is 363 g/mol. The summed E-state index contributed by atoms with van der Waals surface area (Å²) in [5, 5.41) is 10.7. The van der Waals surface area contributed by atoms with Gasteiger partial charge in [0, 0.05) is 31.1 Å². The molecule has 1 aliphatic carbocycles. The summed E-state index contributed by atoms with van der Waals surface area (Å²) in [7, 11) is 0. The normalized spacial score (nSPS) is 34.0. The first-order valence-electron chi connectivity index (χ1n) is 9.98. The molecule has 25 heavy (non-hydrogen) atoms. The van der Waals surface area contributed by atoms with Crippen LogP contribution in [0.1, 0.15) is 50.5 Å². The fraction of sp³-hybridized carbons (Fsp3) is 0.714. The lowest BCUT2D eigenvalue weighted by molar-refractivity contribution is 0.0770. The Morgan fingerprint density at radius 1 is 1.08 bits per heavy atom. The van der Waals surface area contributed by atoms with Gasteiger partial charge < -0.3 is 10.0 Å². The Kier molecular flexibility index (Phi) is 5.00. The summed E-state index contributed by atoms with van der Waals surface area (Å²) in [4.78, 5) is 5.26. The molecular weight excluding hydrogens is 332 g/mol. The average Bonchev–Trinajstić information content (AvgIpc) is 2.99. The second-order valence-corrected chi connectivity index (χ2v) is 9.07. The van der Waals surface area contributed by atoms with Crippen molar-refractivity contribution in [3.05, 3.63) is 28.8 Å². The molecule has 0 aromatic heterocycles. The molecule has 2 heterocycles. The van der Waals surface area contributed by atoms with Gasteiger partial charge in [0.2, 0.25) is 0 Å². The van der Waals surface area contributed by atoms with Gasteiger partial charge in [-0.1, -0.05) is 17.7 Å². The number of hydrogen-bond acceptors (Lipinski definition) is 3. The highest BCUT2D eigenvalue weighted by atomic mass is 35.5. The number of aliphatic hydroxyl groups excluding tert-OH is 1. The van der Waals surface area contributed by atoms with E-state index >= 15 is 0 Å². The number of piperidine rings is 1. The first-order valence-corrected chi connectivity index (χ1v) is 10.4. The minimum absolute atomic E-state index is 0.0540. The van der Waals surface area contributed by atoms with E-state index in [0.717, 1.165) is 31.0 Å². The van der Waals surface area contributed by atoms with Crippen molar-refractivity contribution in [2.24, 2.45) is 5.41 Å². The van der Waals surface area contributed by atoms with Gasteiger partial charge in [0.1, 0.15) is 0 Å². The molecule has 4 heteroatoms. The van der Waals surface area contributed by atoms with Crippen molar-refractivity contribution in [3.63, 3.8) is 0 Å². The van der Waals surface area contributed by atoms with E-state index in [-0.39, 0.29) is 6.10 Å². The highest BCUT2D eigenvalue weighted by Crippen LogP contribution is 2.43. The summed E-state index contributed by atoms with van der Waals surface area (Å²) in [5.41, 5.74) is 2.88. The molecule has 1 spiro atoms. The minimum Gasteiger partial charge on any atom is -0.393 e. The smallest absolute Gasteiger partial charge is 0.0642 e. The highest BCUT2D eigenvalue weighted by molar-refractivity contribution is 6.33. The number of rotatable bonds is 2. The van der Waals surface area contributed by atoms with Crippen molar-refractivity contribution in [2.75, 3.05) is 31.1 Å². The molecular formula is C21H31ClN2O. The van der Waals surface area contributed by atoms with Gasteiger partial charge in [0.05, 0.1) is 16.8 Å². The topological polar surface area (TPSA) is 26.7 Å². The number of anilines is 1. The van der Waals surface area contributed by atoms with Crippen LogP contribution >= 0.6 is 11.6 Å². The van der Waals surface area contributed by atoms with Gasteiger partial charge in [0.25, 0.3) is 0 Å². The first-order chi connectivity index (χ1) is 12.0. The summed E-state index contributed by atoms with van der Waals surface area (Å²) >= 11 is 6.55. The fourth-order valence-corrected chi connectivity index (χ4v) is 5.67.